The number of carbonyl (C=O) groups is 1. The lowest BCUT2D eigenvalue weighted by Gasteiger charge is -2.25. The molecule has 0 radical (unpaired) electrons. The van der Waals surface area contributed by atoms with Crippen molar-refractivity contribution in [1.29, 1.82) is 0 Å². The molecule has 90 valence electrons. The summed E-state index contributed by atoms with van der Waals surface area (Å²) < 4.78 is 1.98. The van der Waals surface area contributed by atoms with Gasteiger partial charge in [0.05, 0.1) is 0 Å². The van der Waals surface area contributed by atoms with Crippen molar-refractivity contribution >= 4 is 5.91 Å². The summed E-state index contributed by atoms with van der Waals surface area (Å²) in [6.45, 7) is 8.11. The van der Waals surface area contributed by atoms with Crippen LogP contribution in [0.3, 0.4) is 0 Å². The van der Waals surface area contributed by atoms with Crippen molar-refractivity contribution in [3.8, 4) is 0 Å². The van der Waals surface area contributed by atoms with Gasteiger partial charge in [0, 0.05) is 17.9 Å². The Morgan fingerprint density at radius 1 is 1.31 bits per heavy atom. The first kappa shape index (κ1) is 12.8. The second kappa shape index (κ2) is 5.19. The predicted octanol–water partition coefficient (Wildman–Crippen LogP) is 2.74. The molecule has 3 nitrogen and oxygen atoms in total. The standard InChI is InChI=1S/C13H22N2O/c1-5-8-11(15-9-6-7-10-15)12(16)14-13(2,3)4/h6-7,9-11H,5,8H2,1-4H3,(H,14,16). The average Bonchev–Trinajstić information content (AvgIpc) is 2.63. The summed E-state index contributed by atoms with van der Waals surface area (Å²) in [7, 11) is 0. The van der Waals surface area contributed by atoms with Crippen LogP contribution >= 0.6 is 0 Å². The molecule has 0 fully saturated rings. The van der Waals surface area contributed by atoms with E-state index in [0.717, 1.165) is 12.8 Å². The summed E-state index contributed by atoms with van der Waals surface area (Å²) in [4.78, 5) is 12.1. The lowest BCUT2D eigenvalue weighted by molar-refractivity contribution is -0.126. The second-order valence-corrected chi connectivity index (χ2v) is 5.17. The lowest BCUT2D eigenvalue weighted by atomic mass is 10.1. The van der Waals surface area contributed by atoms with Crippen LogP contribution in [-0.4, -0.2) is 16.0 Å². The van der Waals surface area contributed by atoms with E-state index in [1.54, 1.807) is 0 Å². The van der Waals surface area contributed by atoms with Crippen LogP contribution in [0.5, 0.6) is 0 Å². The van der Waals surface area contributed by atoms with Crippen LogP contribution in [0.4, 0.5) is 0 Å². The molecule has 1 rings (SSSR count). The fraction of sp³-hybridized carbons (Fsp3) is 0.615. The summed E-state index contributed by atoms with van der Waals surface area (Å²) >= 11 is 0. The number of hydrogen-bond donors (Lipinski definition) is 1. The Kier molecular flexibility index (Phi) is 4.16. The Morgan fingerprint density at radius 3 is 2.31 bits per heavy atom. The van der Waals surface area contributed by atoms with Crippen LogP contribution in [-0.2, 0) is 4.79 Å². The third-order valence-electron chi connectivity index (χ3n) is 2.35. The number of amides is 1. The minimum absolute atomic E-state index is 0.0841. The molecular formula is C13H22N2O. The van der Waals surface area contributed by atoms with Gasteiger partial charge in [0.25, 0.3) is 0 Å². The van der Waals surface area contributed by atoms with Crippen molar-refractivity contribution in [2.24, 2.45) is 0 Å². The zero-order valence-electron chi connectivity index (χ0n) is 10.7. The molecule has 1 atom stereocenters. The topological polar surface area (TPSA) is 34.0 Å². The molecule has 0 aliphatic rings. The van der Waals surface area contributed by atoms with Crippen molar-refractivity contribution < 1.29 is 4.79 Å². The molecule has 1 amide bonds. The van der Waals surface area contributed by atoms with E-state index in [1.165, 1.54) is 0 Å². The number of rotatable bonds is 4. The molecule has 0 aliphatic carbocycles. The maximum Gasteiger partial charge on any atom is 0.243 e. The van der Waals surface area contributed by atoms with E-state index in [0.29, 0.717) is 0 Å². The van der Waals surface area contributed by atoms with Gasteiger partial charge in [-0.1, -0.05) is 13.3 Å². The Hall–Kier alpha value is -1.25. The number of nitrogens with zero attached hydrogens (tertiary/aromatic N) is 1. The van der Waals surface area contributed by atoms with Gasteiger partial charge < -0.3 is 9.88 Å². The van der Waals surface area contributed by atoms with E-state index in [2.05, 4.69) is 12.2 Å². The molecule has 1 aromatic heterocycles. The highest BCUT2D eigenvalue weighted by molar-refractivity contribution is 5.80. The summed E-state index contributed by atoms with van der Waals surface area (Å²) in [5.74, 6) is 0.102. The summed E-state index contributed by atoms with van der Waals surface area (Å²) in [5, 5.41) is 3.03. The lowest BCUT2D eigenvalue weighted by Crippen LogP contribution is -2.44. The minimum atomic E-state index is -0.170. The monoisotopic (exact) mass is 222 g/mol. The SMILES string of the molecule is CCCC(C(=O)NC(C)(C)C)n1cccc1. The third-order valence-corrected chi connectivity index (χ3v) is 2.35. The van der Waals surface area contributed by atoms with E-state index in [9.17, 15) is 4.79 Å². The van der Waals surface area contributed by atoms with Gasteiger partial charge in [-0.2, -0.15) is 0 Å². The Bertz CT molecular complexity index is 322. The molecule has 16 heavy (non-hydrogen) atoms. The summed E-state index contributed by atoms with van der Waals surface area (Å²) in [6, 6.07) is 3.82. The average molecular weight is 222 g/mol. The molecule has 0 saturated carbocycles. The largest absolute Gasteiger partial charge is 0.350 e. The smallest absolute Gasteiger partial charge is 0.243 e. The van der Waals surface area contributed by atoms with Crippen molar-refractivity contribution in [2.75, 3.05) is 0 Å². The Morgan fingerprint density at radius 2 is 1.88 bits per heavy atom. The van der Waals surface area contributed by atoms with Gasteiger partial charge in [0.1, 0.15) is 6.04 Å². The summed E-state index contributed by atoms with van der Waals surface area (Å²) in [5.41, 5.74) is -0.170. The van der Waals surface area contributed by atoms with Crippen LogP contribution in [0.25, 0.3) is 0 Å². The molecule has 1 N–H and O–H groups in total. The van der Waals surface area contributed by atoms with Gasteiger partial charge in [0.15, 0.2) is 0 Å². The number of hydrogen-bond acceptors (Lipinski definition) is 1. The van der Waals surface area contributed by atoms with Gasteiger partial charge in [-0.25, -0.2) is 0 Å². The van der Waals surface area contributed by atoms with Crippen molar-refractivity contribution in [2.45, 2.75) is 52.1 Å². The molecule has 1 aromatic rings. The van der Waals surface area contributed by atoms with Crippen molar-refractivity contribution in [3.63, 3.8) is 0 Å². The van der Waals surface area contributed by atoms with E-state index >= 15 is 0 Å². The van der Waals surface area contributed by atoms with Crippen LogP contribution in [0.2, 0.25) is 0 Å². The fourth-order valence-electron chi connectivity index (χ4n) is 1.70. The Balaban J connectivity index is 2.75. The van der Waals surface area contributed by atoms with E-state index in [4.69, 9.17) is 0 Å². The molecule has 0 aliphatic heterocycles. The van der Waals surface area contributed by atoms with Gasteiger partial charge in [-0.3, -0.25) is 4.79 Å². The summed E-state index contributed by atoms with van der Waals surface area (Å²) in [6.07, 6.45) is 5.77. The van der Waals surface area contributed by atoms with Crippen LogP contribution < -0.4 is 5.32 Å². The van der Waals surface area contributed by atoms with E-state index in [-0.39, 0.29) is 17.5 Å². The zero-order valence-corrected chi connectivity index (χ0v) is 10.7. The first-order valence-electron chi connectivity index (χ1n) is 5.88. The second-order valence-electron chi connectivity index (χ2n) is 5.17. The van der Waals surface area contributed by atoms with Gasteiger partial charge in [0.2, 0.25) is 5.91 Å². The van der Waals surface area contributed by atoms with Crippen LogP contribution in [0.15, 0.2) is 24.5 Å². The van der Waals surface area contributed by atoms with Gasteiger partial charge in [-0.15, -0.1) is 0 Å². The molecule has 1 unspecified atom stereocenters. The first-order chi connectivity index (χ1) is 7.44. The minimum Gasteiger partial charge on any atom is -0.350 e. The fourth-order valence-corrected chi connectivity index (χ4v) is 1.70. The maximum absolute atomic E-state index is 12.1. The first-order valence-corrected chi connectivity index (χ1v) is 5.88. The third kappa shape index (κ3) is 3.72. The predicted molar refractivity (Wildman–Crippen MR) is 66.3 cm³/mol. The quantitative estimate of drug-likeness (QED) is 0.835. The van der Waals surface area contributed by atoms with E-state index < -0.39 is 0 Å². The maximum atomic E-state index is 12.1. The number of aromatic nitrogens is 1. The van der Waals surface area contributed by atoms with E-state index in [1.807, 2.05) is 49.9 Å². The van der Waals surface area contributed by atoms with Gasteiger partial charge >= 0.3 is 0 Å². The molecule has 1 heterocycles. The Labute approximate surface area is 97.8 Å². The molecule has 3 heteroatoms. The zero-order chi connectivity index (χ0) is 12.2. The molecule has 0 aromatic carbocycles. The molecule has 0 spiro atoms. The number of carbonyl (C=O) groups excluding carboxylic acids is 1. The highest BCUT2D eigenvalue weighted by Crippen LogP contribution is 2.15. The van der Waals surface area contributed by atoms with Crippen molar-refractivity contribution in [3.05, 3.63) is 24.5 Å². The highest BCUT2D eigenvalue weighted by Gasteiger charge is 2.22. The van der Waals surface area contributed by atoms with Crippen LogP contribution in [0, 0.1) is 0 Å². The molecule has 0 saturated heterocycles. The van der Waals surface area contributed by atoms with Crippen molar-refractivity contribution in [1.82, 2.24) is 9.88 Å². The molecular weight excluding hydrogens is 200 g/mol. The highest BCUT2D eigenvalue weighted by atomic mass is 16.2. The number of nitrogens with one attached hydrogen (secondary N) is 1. The molecule has 0 bridgehead atoms. The van der Waals surface area contributed by atoms with Gasteiger partial charge in [-0.05, 0) is 39.3 Å². The normalized spacial score (nSPS) is 13.5. The van der Waals surface area contributed by atoms with Crippen LogP contribution in [0.1, 0.15) is 46.6 Å².